The maximum absolute atomic E-state index is 12.6. The molecule has 102 valence electrons. The largest absolute Gasteiger partial charge is 0.433 e. The average molecular weight is 293 g/mol. The molecule has 0 radical (unpaired) electrons. The Hall–Kier alpha value is -1.83. The molecule has 5 nitrogen and oxygen atoms in total. The minimum atomic E-state index is -4.49. The van der Waals surface area contributed by atoms with E-state index in [1.54, 1.807) is 0 Å². The predicted molar refractivity (Wildman–Crippen MR) is 60.8 cm³/mol. The van der Waals surface area contributed by atoms with Gasteiger partial charge in [0.25, 0.3) is 5.56 Å². The van der Waals surface area contributed by atoms with Gasteiger partial charge >= 0.3 is 6.18 Å². The van der Waals surface area contributed by atoms with Gasteiger partial charge < -0.3 is 4.57 Å². The standard InChI is InChI=1S/C10H8ClF3N4O/c1-17-7(10(12,13)14)2-6(16-17)4-18-5-8(11)15-3-9(18)19/h2-3,5H,4H2,1H3. The van der Waals surface area contributed by atoms with Crippen LogP contribution in [0, 0.1) is 0 Å². The van der Waals surface area contributed by atoms with Crippen LogP contribution in [-0.2, 0) is 19.8 Å². The Morgan fingerprint density at radius 3 is 2.68 bits per heavy atom. The quantitative estimate of drug-likeness (QED) is 0.846. The number of rotatable bonds is 2. The van der Waals surface area contributed by atoms with Crippen LogP contribution in [0.15, 0.2) is 23.3 Å². The normalized spacial score (nSPS) is 11.8. The first-order chi connectivity index (χ1) is 8.77. The van der Waals surface area contributed by atoms with Crippen molar-refractivity contribution in [3.05, 3.63) is 45.4 Å². The summed E-state index contributed by atoms with van der Waals surface area (Å²) >= 11 is 5.62. The molecule has 0 N–H and O–H groups in total. The molecule has 2 aromatic heterocycles. The van der Waals surface area contributed by atoms with Crippen LogP contribution in [0.2, 0.25) is 5.15 Å². The van der Waals surface area contributed by atoms with Gasteiger partial charge in [-0.05, 0) is 6.07 Å². The second kappa shape index (κ2) is 4.69. The SMILES string of the molecule is Cn1nc(Cn2cc(Cl)ncc2=O)cc1C(F)(F)F. The van der Waals surface area contributed by atoms with Gasteiger partial charge in [0.1, 0.15) is 10.8 Å². The van der Waals surface area contributed by atoms with Gasteiger partial charge in [-0.15, -0.1) is 0 Å². The smallest absolute Gasteiger partial charge is 0.305 e. The van der Waals surface area contributed by atoms with Gasteiger partial charge in [-0.3, -0.25) is 9.48 Å². The third-order valence-electron chi connectivity index (χ3n) is 2.40. The Morgan fingerprint density at radius 1 is 1.42 bits per heavy atom. The molecule has 0 amide bonds. The van der Waals surface area contributed by atoms with Crippen LogP contribution in [0.3, 0.4) is 0 Å². The lowest BCUT2D eigenvalue weighted by atomic mass is 10.3. The highest BCUT2D eigenvalue weighted by atomic mass is 35.5. The van der Waals surface area contributed by atoms with E-state index in [1.807, 2.05) is 0 Å². The van der Waals surface area contributed by atoms with Gasteiger partial charge in [0.05, 0.1) is 18.4 Å². The van der Waals surface area contributed by atoms with E-state index in [0.717, 1.165) is 21.5 Å². The molecule has 0 unspecified atom stereocenters. The monoisotopic (exact) mass is 292 g/mol. The number of hydrogen-bond donors (Lipinski definition) is 0. The molecule has 0 aliphatic rings. The molecule has 0 aromatic carbocycles. The second-order valence-corrected chi connectivity index (χ2v) is 4.21. The Balaban J connectivity index is 2.35. The minimum absolute atomic E-state index is 0.0755. The molecule has 0 bridgehead atoms. The number of alkyl halides is 3. The van der Waals surface area contributed by atoms with Crippen LogP contribution in [0.1, 0.15) is 11.4 Å². The van der Waals surface area contributed by atoms with Crippen LogP contribution in [0.25, 0.3) is 0 Å². The van der Waals surface area contributed by atoms with Crippen molar-refractivity contribution < 1.29 is 13.2 Å². The van der Waals surface area contributed by atoms with Gasteiger partial charge in [0.15, 0.2) is 0 Å². The van der Waals surface area contributed by atoms with Gasteiger partial charge in [-0.1, -0.05) is 11.6 Å². The third kappa shape index (κ3) is 2.95. The lowest BCUT2D eigenvalue weighted by Gasteiger charge is -2.04. The number of halogens is 4. The molecule has 2 rings (SSSR count). The Bertz CT molecular complexity index is 662. The van der Waals surface area contributed by atoms with Crippen LogP contribution in [-0.4, -0.2) is 19.3 Å². The van der Waals surface area contributed by atoms with E-state index in [2.05, 4.69) is 10.1 Å². The minimum Gasteiger partial charge on any atom is -0.305 e. The topological polar surface area (TPSA) is 52.7 Å². The fraction of sp³-hybridized carbons (Fsp3) is 0.300. The summed E-state index contributed by atoms with van der Waals surface area (Å²) in [5.74, 6) is 0. The first-order valence-corrected chi connectivity index (χ1v) is 5.47. The van der Waals surface area contributed by atoms with Gasteiger partial charge in [0, 0.05) is 13.2 Å². The van der Waals surface area contributed by atoms with Gasteiger partial charge in [-0.25, -0.2) is 4.98 Å². The maximum Gasteiger partial charge on any atom is 0.433 e. The molecule has 2 aromatic rings. The molecule has 0 saturated heterocycles. The fourth-order valence-corrected chi connectivity index (χ4v) is 1.75. The first kappa shape index (κ1) is 13.6. The molecule has 0 fully saturated rings. The summed E-state index contributed by atoms with van der Waals surface area (Å²) in [6.45, 7) is -0.106. The average Bonchev–Trinajstić information content (AvgIpc) is 2.64. The summed E-state index contributed by atoms with van der Waals surface area (Å²) in [6, 6.07) is 0.890. The Kier molecular flexibility index (Phi) is 3.36. The van der Waals surface area contributed by atoms with Crippen molar-refractivity contribution in [2.45, 2.75) is 12.7 Å². The Morgan fingerprint density at radius 2 is 2.11 bits per heavy atom. The molecule has 0 spiro atoms. The van der Waals surface area contributed by atoms with Crippen molar-refractivity contribution in [1.29, 1.82) is 0 Å². The van der Waals surface area contributed by atoms with Crippen molar-refractivity contribution in [2.24, 2.45) is 7.05 Å². The molecule has 0 saturated carbocycles. The molecule has 2 heterocycles. The van der Waals surface area contributed by atoms with E-state index in [4.69, 9.17) is 11.6 Å². The highest BCUT2D eigenvalue weighted by molar-refractivity contribution is 6.29. The molecule has 0 aliphatic heterocycles. The van der Waals surface area contributed by atoms with Crippen molar-refractivity contribution in [3.8, 4) is 0 Å². The summed E-state index contributed by atoms with van der Waals surface area (Å²) in [4.78, 5) is 15.0. The zero-order chi connectivity index (χ0) is 14.2. The molecule has 9 heteroatoms. The summed E-state index contributed by atoms with van der Waals surface area (Å²) in [5, 5.41) is 3.79. The van der Waals surface area contributed by atoms with E-state index in [1.165, 1.54) is 13.2 Å². The van der Waals surface area contributed by atoms with Gasteiger partial charge in [-0.2, -0.15) is 18.3 Å². The lowest BCUT2D eigenvalue weighted by molar-refractivity contribution is -0.143. The van der Waals surface area contributed by atoms with Crippen LogP contribution in [0.5, 0.6) is 0 Å². The third-order valence-corrected chi connectivity index (χ3v) is 2.59. The highest BCUT2D eigenvalue weighted by Gasteiger charge is 2.34. The van der Waals surface area contributed by atoms with Gasteiger partial charge in [0.2, 0.25) is 0 Å². The van der Waals surface area contributed by atoms with E-state index in [0.29, 0.717) is 0 Å². The zero-order valence-corrected chi connectivity index (χ0v) is 10.4. The van der Waals surface area contributed by atoms with E-state index < -0.39 is 17.4 Å². The van der Waals surface area contributed by atoms with Crippen molar-refractivity contribution in [1.82, 2.24) is 19.3 Å². The molecule has 0 aliphatic carbocycles. The summed E-state index contributed by atoms with van der Waals surface area (Å²) < 4.78 is 39.6. The first-order valence-electron chi connectivity index (χ1n) is 5.09. The molecular weight excluding hydrogens is 285 g/mol. The van der Waals surface area contributed by atoms with E-state index in [-0.39, 0.29) is 17.4 Å². The summed E-state index contributed by atoms with van der Waals surface area (Å²) in [6.07, 6.45) is -2.25. The summed E-state index contributed by atoms with van der Waals surface area (Å²) in [5.41, 5.74) is -1.24. The van der Waals surface area contributed by atoms with Crippen molar-refractivity contribution in [2.75, 3.05) is 0 Å². The van der Waals surface area contributed by atoms with Crippen LogP contribution < -0.4 is 5.56 Å². The van der Waals surface area contributed by atoms with Crippen molar-refractivity contribution in [3.63, 3.8) is 0 Å². The molecular formula is C10H8ClF3N4O. The van der Waals surface area contributed by atoms with E-state index in [9.17, 15) is 18.0 Å². The lowest BCUT2D eigenvalue weighted by Crippen LogP contribution is -2.20. The fourth-order valence-electron chi connectivity index (χ4n) is 1.58. The van der Waals surface area contributed by atoms with Crippen molar-refractivity contribution >= 4 is 11.6 Å². The number of aryl methyl sites for hydroxylation is 1. The van der Waals surface area contributed by atoms with Crippen LogP contribution in [0.4, 0.5) is 13.2 Å². The number of hydrogen-bond acceptors (Lipinski definition) is 3. The molecule has 19 heavy (non-hydrogen) atoms. The molecule has 0 atom stereocenters. The summed E-state index contributed by atoms with van der Waals surface area (Å²) in [7, 11) is 1.19. The second-order valence-electron chi connectivity index (χ2n) is 3.82. The predicted octanol–water partition coefficient (Wildman–Crippen LogP) is 1.70. The highest BCUT2D eigenvalue weighted by Crippen LogP contribution is 2.29. The Labute approximate surface area is 110 Å². The van der Waals surface area contributed by atoms with Crippen LogP contribution >= 0.6 is 11.6 Å². The van der Waals surface area contributed by atoms with E-state index >= 15 is 0 Å². The zero-order valence-electron chi connectivity index (χ0n) is 9.65. The number of aromatic nitrogens is 4. The number of nitrogens with zero attached hydrogens (tertiary/aromatic N) is 4. The maximum atomic E-state index is 12.6.